The van der Waals surface area contributed by atoms with Crippen LogP contribution in [-0.2, 0) is 14.3 Å². The van der Waals surface area contributed by atoms with Crippen molar-refractivity contribution >= 4 is 12.1 Å². The van der Waals surface area contributed by atoms with Crippen molar-refractivity contribution in [3.63, 3.8) is 0 Å². The zero-order valence-corrected chi connectivity index (χ0v) is 15.4. The van der Waals surface area contributed by atoms with Gasteiger partial charge in [0.15, 0.2) is 0 Å². The summed E-state index contributed by atoms with van der Waals surface area (Å²) in [4.78, 5) is 23.6. The van der Waals surface area contributed by atoms with Crippen molar-refractivity contribution in [3.8, 4) is 0 Å². The Hall–Kier alpha value is -1.30. The van der Waals surface area contributed by atoms with E-state index in [4.69, 9.17) is 9.47 Å². The van der Waals surface area contributed by atoms with Gasteiger partial charge >= 0.3 is 12.1 Å². The summed E-state index contributed by atoms with van der Waals surface area (Å²) >= 11 is 0. The van der Waals surface area contributed by atoms with E-state index in [-0.39, 0.29) is 24.0 Å². The highest BCUT2D eigenvalue weighted by molar-refractivity contribution is 5.72. The molecule has 0 radical (unpaired) electrons. The maximum atomic E-state index is 11.9. The van der Waals surface area contributed by atoms with Gasteiger partial charge in [-0.15, -0.1) is 0 Å². The SMILES string of the molecule is COC(=O)C1CCCC(NC(CNC(=O)OC(C)(C)C)C2CC2)C1. The van der Waals surface area contributed by atoms with E-state index in [2.05, 4.69) is 10.6 Å². The molecule has 0 bridgehead atoms. The highest BCUT2D eigenvalue weighted by Gasteiger charge is 2.35. The number of hydrogen-bond acceptors (Lipinski definition) is 5. The molecule has 3 unspecified atom stereocenters. The number of rotatable bonds is 6. The van der Waals surface area contributed by atoms with Gasteiger partial charge in [-0.25, -0.2) is 4.79 Å². The first kappa shape index (κ1) is 19.0. The second kappa shape index (κ2) is 8.19. The summed E-state index contributed by atoms with van der Waals surface area (Å²) in [6, 6.07) is 0.563. The van der Waals surface area contributed by atoms with Crippen LogP contribution in [0, 0.1) is 11.8 Å². The molecule has 0 aliphatic heterocycles. The van der Waals surface area contributed by atoms with Crippen LogP contribution in [0.25, 0.3) is 0 Å². The minimum absolute atomic E-state index is 0.0000758. The Morgan fingerprint density at radius 1 is 1.17 bits per heavy atom. The molecule has 6 heteroatoms. The Balaban J connectivity index is 1.81. The van der Waals surface area contributed by atoms with Gasteiger partial charge in [0.2, 0.25) is 0 Å². The lowest BCUT2D eigenvalue weighted by Crippen LogP contribution is -2.49. The summed E-state index contributed by atoms with van der Waals surface area (Å²) in [5.41, 5.74) is -0.482. The van der Waals surface area contributed by atoms with Gasteiger partial charge in [0.25, 0.3) is 0 Å². The third-order valence-electron chi connectivity index (χ3n) is 4.71. The second-order valence-electron chi connectivity index (χ2n) is 8.08. The standard InChI is InChI=1S/C18H32N2O4/c1-18(2,3)24-17(22)19-11-15(12-8-9-12)20-14-7-5-6-13(10-14)16(21)23-4/h12-15,20H,5-11H2,1-4H3,(H,19,22). The summed E-state index contributed by atoms with van der Waals surface area (Å²) in [7, 11) is 1.46. The van der Waals surface area contributed by atoms with Gasteiger partial charge < -0.3 is 20.1 Å². The van der Waals surface area contributed by atoms with E-state index < -0.39 is 5.60 Å². The van der Waals surface area contributed by atoms with Crippen molar-refractivity contribution in [2.24, 2.45) is 11.8 Å². The van der Waals surface area contributed by atoms with Gasteiger partial charge in [0.1, 0.15) is 5.60 Å². The molecule has 2 saturated carbocycles. The predicted octanol–water partition coefficient (Wildman–Crippen LogP) is 2.61. The number of ether oxygens (including phenoxy) is 2. The minimum atomic E-state index is -0.482. The Morgan fingerprint density at radius 2 is 1.88 bits per heavy atom. The topological polar surface area (TPSA) is 76.7 Å². The molecule has 0 spiro atoms. The number of nitrogens with one attached hydrogen (secondary N) is 2. The number of alkyl carbamates (subject to hydrolysis) is 1. The highest BCUT2D eigenvalue weighted by Crippen LogP contribution is 2.34. The van der Waals surface area contributed by atoms with Gasteiger partial charge in [-0.2, -0.15) is 0 Å². The summed E-state index contributed by atoms with van der Waals surface area (Å²) in [5.74, 6) is 0.509. The highest BCUT2D eigenvalue weighted by atomic mass is 16.6. The summed E-state index contributed by atoms with van der Waals surface area (Å²) in [5, 5.41) is 6.55. The van der Waals surface area contributed by atoms with Gasteiger partial charge in [-0.3, -0.25) is 4.79 Å². The van der Waals surface area contributed by atoms with E-state index in [1.807, 2.05) is 20.8 Å². The summed E-state index contributed by atoms with van der Waals surface area (Å²) < 4.78 is 10.2. The van der Waals surface area contributed by atoms with Crippen LogP contribution in [0.4, 0.5) is 4.79 Å². The number of methoxy groups -OCH3 is 1. The summed E-state index contributed by atoms with van der Waals surface area (Å²) in [6.45, 7) is 6.15. The average Bonchev–Trinajstić information content (AvgIpc) is 3.34. The molecule has 0 heterocycles. The van der Waals surface area contributed by atoms with Gasteiger partial charge in [0, 0.05) is 18.6 Å². The van der Waals surface area contributed by atoms with Crippen LogP contribution in [0.3, 0.4) is 0 Å². The fraction of sp³-hybridized carbons (Fsp3) is 0.889. The van der Waals surface area contributed by atoms with Crippen LogP contribution in [0.5, 0.6) is 0 Å². The number of hydrogen-bond donors (Lipinski definition) is 2. The Morgan fingerprint density at radius 3 is 2.46 bits per heavy atom. The molecule has 24 heavy (non-hydrogen) atoms. The number of carbonyl (C=O) groups excluding carboxylic acids is 2. The van der Waals surface area contributed by atoms with Gasteiger partial charge in [-0.05, 0) is 58.8 Å². The van der Waals surface area contributed by atoms with Gasteiger partial charge in [-0.1, -0.05) is 6.42 Å². The molecular weight excluding hydrogens is 308 g/mol. The molecule has 0 aromatic carbocycles. The smallest absolute Gasteiger partial charge is 0.407 e. The van der Waals surface area contributed by atoms with Crippen LogP contribution < -0.4 is 10.6 Å². The van der Waals surface area contributed by atoms with E-state index in [0.29, 0.717) is 18.5 Å². The largest absolute Gasteiger partial charge is 0.469 e. The Kier molecular flexibility index (Phi) is 6.49. The van der Waals surface area contributed by atoms with Crippen LogP contribution in [0.2, 0.25) is 0 Å². The Labute approximate surface area is 145 Å². The van der Waals surface area contributed by atoms with Crippen LogP contribution >= 0.6 is 0 Å². The normalized spacial score (nSPS) is 25.7. The van der Waals surface area contributed by atoms with Crippen molar-refractivity contribution < 1.29 is 19.1 Å². The maximum absolute atomic E-state index is 11.9. The number of carbonyl (C=O) groups is 2. The molecular formula is C18H32N2O4. The maximum Gasteiger partial charge on any atom is 0.407 e. The monoisotopic (exact) mass is 340 g/mol. The van der Waals surface area contributed by atoms with E-state index in [9.17, 15) is 9.59 Å². The second-order valence-corrected chi connectivity index (χ2v) is 8.08. The van der Waals surface area contributed by atoms with Crippen LogP contribution in [-0.4, -0.2) is 43.4 Å². The molecule has 2 aliphatic rings. The van der Waals surface area contributed by atoms with Gasteiger partial charge in [0.05, 0.1) is 13.0 Å². The Bertz CT molecular complexity index is 443. The quantitative estimate of drug-likeness (QED) is 0.727. The molecule has 0 saturated heterocycles. The third kappa shape index (κ3) is 6.30. The molecule has 2 rings (SSSR count). The van der Waals surface area contributed by atoms with Crippen molar-refractivity contribution in [2.45, 2.75) is 77.0 Å². The average molecular weight is 340 g/mol. The lowest BCUT2D eigenvalue weighted by molar-refractivity contribution is -0.146. The van der Waals surface area contributed by atoms with E-state index in [1.54, 1.807) is 0 Å². The van der Waals surface area contributed by atoms with Crippen LogP contribution in [0.1, 0.15) is 59.3 Å². The van der Waals surface area contributed by atoms with Crippen molar-refractivity contribution in [1.82, 2.24) is 10.6 Å². The molecule has 2 aliphatic carbocycles. The molecule has 6 nitrogen and oxygen atoms in total. The first-order valence-electron chi connectivity index (χ1n) is 9.09. The molecule has 1 amide bonds. The van der Waals surface area contributed by atoms with E-state index in [0.717, 1.165) is 25.7 Å². The van der Waals surface area contributed by atoms with E-state index >= 15 is 0 Å². The van der Waals surface area contributed by atoms with Crippen molar-refractivity contribution in [3.05, 3.63) is 0 Å². The molecule has 2 fully saturated rings. The summed E-state index contributed by atoms with van der Waals surface area (Å²) in [6.07, 6.45) is 5.86. The fourth-order valence-corrected chi connectivity index (χ4v) is 3.39. The predicted molar refractivity (Wildman–Crippen MR) is 91.6 cm³/mol. The zero-order valence-electron chi connectivity index (χ0n) is 15.4. The minimum Gasteiger partial charge on any atom is -0.469 e. The lowest BCUT2D eigenvalue weighted by atomic mass is 9.85. The van der Waals surface area contributed by atoms with Crippen molar-refractivity contribution in [1.29, 1.82) is 0 Å². The molecule has 0 aromatic heterocycles. The fourth-order valence-electron chi connectivity index (χ4n) is 3.39. The third-order valence-corrected chi connectivity index (χ3v) is 4.71. The molecule has 2 N–H and O–H groups in total. The zero-order chi connectivity index (χ0) is 17.7. The van der Waals surface area contributed by atoms with Crippen molar-refractivity contribution in [2.75, 3.05) is 13.7 Å². The lowest BCUT2D eigenvalue weighted by Gasteiger charge is -2.32. The first-order chi connectivity index (χ1) is 11.3. The number of esters is 1. The number of amides is 1. The van der Waals surface area contributed by atoms with E-state index in [1.165, 1.54) is 20.0 Å². The molecule has 3 atom stereocenters. The first-order valence-corrected chi connectivity index (χ1v) is 9.09. The van der Waals surface area contributed by atoms with Crippen LogP contribution in [0.15, 0.2) is 0 Å². The molecule has 0 aromatic rings. The molecule has 138 valence electrons.